The number of hydrogen-bond donors (Lipinski definition) is 1. The van der Waals surface area contributed by atoms with Crippen LogP contribution in [0.5, 0.6) is 0 Å². The van der Waals surface area contributed by atoms with Gasteiger partial charge in [-0.3, -0.25) is 4.79 Å². The molecule has 1 aromatic carbocycles. The molecule has 0 saturated heterocycles. The number of benzene rings is 1. The van der Waals surface area contributed by atoms with Gasteiger partial charge in [0.05, 0.1) is 23.2 Å². The minimum atomic E-state index is -0.524. The van der Waals surface area contributed by atoms with Gasteiger partial charge < -0.3 is 10.1 Å². The average molecular weight is 452 g/mol. The summed E-state index contributed by atoms with van der Waals surface area (Å²) in [6.45, 7) is 1.66. The molecule has 0 atom stereocenters. The Bertz CT molecular complexity index is 1420. The maximum absolute atomic E-state index is 12.9. The third-order valence-corrected chi connectivity index (χ3v) is 6.73. The molecule has 1 N–H and O–H groups in total. The third kappa shape index (κ3) is 3.46. The van der Waals surface area contributed by atoms with Gasteiger partial charge in [0.1, 0.15) is 17.7 Å². The number of para-hydroxylation sites is 1. The Morgan fingerprint density at radius 3 is 2.88 bits per heavy atom. The second kappa shape index (κ2) is 8.19. The van der Waals surface area contributed by atoms with E-state index in [9.17, 15) is 14.4 Å². The number of carbonyl (C=O) groups is 2. The Labute approximate surface area is 186 Å². The van der Waals surface area contributed by atoms with Gasteiger partial charge in [-0.2, -0.15) is 0 Å². The van der Waals surface area contributed by atoms with Gasteiger partial charge in [0, 0.05) is 4.88 Å². The molecule has 0 fully saturated rings. The largest absolute Gasteiger partial charge is 0.462 e. The van der Waals surface area contributed by atoms with E-state index in [1.165, 1.54) is 21.2 Å². The minimum Gasteiger partial charge on any atom is -0.462 e. The maximum atomic E-state index is 12.9. The van der Waals surface area contributed by atoms with Crippen LogP contribution in [0.15, 0.2) is 35.4 Å². The first-order chi connectivity index (χ1) is 15.6. The number of ether oxygens (including phenoxy) is 1. The highest BCUT2D eigenvalue weighted by Crippen LogP contribution is 2.36. The molecule has 0 saturated carbocycles. The van der Waals surface area contributed by atoms with Crippen LogP contribution in [0.4, 0.5) is 5.69 Å². The smallest absolute Gasteiger partial charge is 0.352 e. The summed E-state index contributed by atoms with van der Waals surface area (Å²) in [5, 5.41) is 8.07. The summed E-state index contributed by atoms with van der Waals surface area (Å²) in [5.74, 6) is -0.993. The normalized spacial score (nSPS) is 13.3. The number of thiophene rings is 1. The number of nitrogens with one attached hydrogen (secondary N) is 1. The van der Waals surface area contributed by atoms with Crippen molar-refractivity contribution in [2.75, 3.05) is 11.9 Å². The van der Waals surface area contributed by atoms with E-state index in [0.29, 0.717) is 11.3 Å². The molecule has 0 aliphatic heterocycles. The van der Waals surface area contributed by atoms with Crippen molar-refractivity contribution in [3.63, 3.8) is 0 Å². The molecule has 1 amide bonds. The molecule has 1 aliphatic rings. The third-order valence-electron chi connectivity index (χ3n) is 5.53. The lowest BCUT2D eigenvalue weighted by atomic mass is 9.97. The summed E-state index contributed by atoms with van der Waals surface area (Å²) in [6.07, 6.45) is 5.70. The van der Waals surface area contributed by atoms with Crippen molar-refractivity contribution < 1.29 is 14.3 Å². The maximum Gasteiger partial charge on any atom is 0.352 e. The predicted octanol–water partition coefficient (Wildman–Crippen LogP) is 2.80. The van der Waals surface area contributed by atoms with Crippen LogP contribution in [-0.4, -0.2) is 37.6 Å². The summed E-state index contributed by atoms with van der Waals surface area (Å²) in [6, 6.07) is 6.58. The molecule has 5 rings (SSSR count). The number of carbonyl (C=O) groups excluding carboxylic acids is 2. The fraction of sp³-hybridized carbons (Fsp3) is 0.318. The number of hydrogen-bond acceptors (Lipinski definition) is 7. The van der Waals surface area contributed by atoms with E-state index in [4.69, 9.17) is 4.74 Å². The highest BCUT2D eigenvalue weighted by Gasteiger charge is 2.22. The number of esters is 1. The van der Waals surface area contributed by atoms with Gasteiger partial charge in [0.25, 0.3) is 0 Å². The van der Waals surface area contributed by atoms with Crippen LogP contribution in [0.3, 0.4) is 0 Å². The molecule has 164 valence electrons. The van der Waals surface area contributed by atoms with E-state index in [2.05, 4.69) is 15.4 Å². The van der Waals surface area contributed by atoms with Gasteiger partial charge in [-0.15, -0.1) is 16.4 Å². The Kier molecular flexibility index (Phi) is 5.22. The lowest BCUT2D eigenvalue weighted by molar-refractivity contribution is -0.117. The zero-order valence-corrected chi connectivity index (χ0v) is 18.3. The summed E-state index contributed by atoms with van der Waals surface area (Å²) < 4.78 is 7.56. The van der Waals surface area contributed by atoms with Gasteiger partial charge in [-0.25, -0.2) is 23.7 Å². The number of amides is 1. The highest BCUT2D eigenvalue weighted by atomic mass is 32.1. The first kappa shape index (κ1) is 20.4. The van der Waals surface area contributed by atoms with Gasteiger partial charge in [-0.05, 0) is 50.3 Å². The molecule has 0 spiro atoms. The minimum absolute atomic E-state index is 0.229. The lowest BCUT2D eigenvalue weighted by Gasteiger charge is -2.10. The molecule has 4 aromatic rings. The van der Waals surface area contributed by atoms with Crippen LogP contribution in [0.2, 0.25) is 0 Å². The molecule has 0 unspecified atom stereocenters. The Hall–Kier alpha value is -3.53. The zero-order chi connectivity index (χ0) is 22.2. The number of rotatable bonds is 5. The highest BCUT2D eigenvalue weighted by molar-refractivity contribution is 7.19. The summed E-state index contributed by atoms with van der Waals surface area (Å²) in [5.41, 5.74) is 1.89. The van der Waals surface area contributed by atoms with Crippen molar-refractivity contribution in [2.24, 2.45) is 0 Å². The van der Waals surface area contributed by atoms with Crippen LogP contribution in [0.1, 0.15) is 40.6 Å². The van der Waals surface area contributed by atoms with Crippen molar-refractivity contribution in [1.82, 2.24) is 19.2 Å². The topological polar surface area (TPSA) is 108 Å². The van der Waals surface area contributed by atoms with Crippen LogP contribution < -0.4 is 11.0 Å². The fourth-order valence-corrected chi connectivity index (χ4v) is 5.31. The second-order valence-corrected chi connectivity index (χ2v) is 8.67. The van der Waals surface area contributed by atoms with Gasteiger partial charge in [-0.1, -0.05) is 12.1 Å². The summed E-state index contributed by atoms with van der Waals surface area (Å²) in [7, 11) is 0. The van der Waals surface area contributed by atoms with E-state index in [-0.39, 0.29) is 18.7 Å². The van der Waals surface area contributed by atoms with E-state index in [1.807, 2.05) is 0 Å². The van der Waals surface area contributed by atoms with Gasteiger partial charge in [0.2, 0.25) is 5.91 Å². The van der Waals surface area contributed by atoms with E-state index < -0.39 is 17.6 Å². The van der Waals surface area contributed by atoms with Crippen LogP contribution in [-0.2, 0) is 28.9 Å². The molecule has 3 aromatic heterocycles. The van der Waals surface area contributed by atoms with E-state index in [1.54, 1.807) is 42.5 Å². The number of fused-ring (bicyclic) bond motifs is 5. The molecular formula is C22H21N5O4S. The zero-order valence-electron chi connectivity index (χ0n) is 17.5. The van der Waals surface area contributed by atoms with Crippen molar-refractivity contribution in [3.8, 4) is 0 Å². The quantitative estimate of drug-likeness (QED) is 0.468. The monoisotopic (exact) mass is 451 g/mol. The SMILES string of the molecule is CCOC(=O)c1ccccc1NC(=O)Cn1nc2c3c4c(sc3ncn2c1=O)CCCC4. The summed E-state index contributed by atoms with van der Waals surface area (Å²) >= 11 is 1.65. The van der Waals surface area contributed by atoms with Crippen molar-refractivity contribution in [1.29, 1.82) is 0 Å². The molecule has 3 heterocycles. The Balaban J connectivity index is 1.46. The molecule has 0 radical (unpaired) electrons. The number of nitrogens with zero attached hydrogens (tertiary/aromatic N) is 4. The van der Waals surface area contributed by atoms with Gasteiger partial charge in [0.15, 0.2) is 5.65 Å². The Morgan fingerprint density at radius 1 is 1.22 bits per heavy atom. The Morgan fingerprint density at radius 2 is 2.03 bits per heavy atom. The van der Waals surface area contributed by atoms with Crippen LogP contribution >= 0.6 is 11.3 Å². The standard InChI is InChI=1S/C22H21N5O4S/c1-2-31-21(29)13-7-3-5-9-15(13)24-17(28)11-27-22(30)26-12-23-20-18(19(26)25-27)14-8-4-6-10-16(14)32-20/h3,5,7,9,12H,2,4,6,8,10-11H2,1H3,(H,24,28). The fourth-order valence-electron chi connectivity index (χ4n) is 4.09. The van der Waals surface area contributed by atoms with E-state index in [0.717, 1.165) is 40.6 Å². The summed E-state index contributed by atoms with van der Waals surface area (Å²) in [4.78, 5) is 44.4. The predicted molar refractivity (Wildman–Crippen MR) is 120 cm³/mol. The number of aromatic nitrogens is 4. The van der Waals surface area contributed by atoms with Crippen molar-refractivity contribution in [2.45, 2.75) is 39.2 Å². The van der Waals surface area contributed by atoms with Crippen molar-refractivity contribution in [3.05, 3.63) is 57.1 Å². The molecule has 0 bridgehead atoms. The molecule has 32 heavy (non-hydrogen) atoms. The first-order valence-electron chi connectivity index (χ1n) is 10.5. The lowest BCUT2D eigenvalue weighted by Crippen LogP contribution is -2.28. The molecule has 9 nitrogen and oxygen atoms in total. The molecule has 10 heteroatoms. The molecular weight excluding hydrogens is 430 g/mol. The second-order valence-electron chi connectivity index (χ2n) is 7.58. The number of anilines is 1. The van der Waals surface area contributed by atoms with Crippen LogP contribution in [0, 0.1) is 0 Å². The average Bonchev–Trinajstić information content (AvgIpc) is 3.32. The van der Waals surface area contributed by atoms with Crippen LogP contribution in [0.25, 0.3) is 15.9 Å². The first-order valence-corrected chi connectivity index (χ1v) is 11.3. The van der Waals surface area contributed by atoms with E-state index >= 15 is 0 Å². The van der Waals surface area contributed by atoms with Gasteiger partial charge >= 0.3 is 11.7 Å². The van der Waals surface area contributed by atoms with Crippen molar-refractivity contribution >= 4 is 44.8 Å². The number of aryl methyl sites for hydroxylation is 2. The molecule has 1 aliphatic carbocycles.